The summed E-state index contributed by atoms with van der Waals surface area (Å²) in [6, 6.07) is 3.35. The number of hydrogen-bond donors (Lipinski definition) is 1. The smallest absolute Gasteiger partial charge is 0.325 e. The van der Waals surface area contributed by atoms with E-state index in [0.717, 1.165) is 37.5 Å². The molecule has 0 amide bonds. The van der Waals surface area contributed by atoms with Crippen LogP contribution in [0, 0.1) is 0 Å². The van der Waals surface area contributed by atoms with Crippen LogP contribution in [0.15, 0.2) is 11.4 Å². The van der Waals surface area contributed by atoms with Crippen molar-refractivity contribution in [2.75, 3.05) is 13.1 Å². The number of aliphatic carboxylic acids is 1. The first kappa shape index (κ1) is 13.7. The van der Waals surface area contributed by atoms with E-state index in [4.69, 9.17) is 0 Å². The van der Waals surface area contributed by atoms with Gasteiger partial charge < -0.3 is 5.11 Å². The third-order valence-electron chi connectivity index (χ3n) is 5.32. The van der Waals surface area contributed by atoms with Crippen LogP contribution >= 0.6 is 11.3 Å². The van der Waals surface area contributed by atoms with Crippen LogP contribution in [0.25, 0.3) is 0 Å². The van der Waals surface area contributed by atoms with Crippen LogP contribution in [0.3, 0.4) is 0 Å². The molecule has 0 bridgehead atoms. The van der Waals surface area contributed by atoms with E-state index >= 15 is 0 Å². The van der Waals surface area contributed by atoms with Gasteiger partial charge in [0, 0.05) is 36.1 Å². The quantitative estimate of drug-likeness (QED) is 0.931. The van der Waals surface area contributed by atoms with Gasteiger partial charge in [-0.2, -0.15) is 0 Å². The zero-order valence-corrected chi connectivity index (χ0v) is 13.2. The van der Waals surface area contributed by atoms with Gasteiger partial charge in [-0.25, -0.2) is 0 Å². The number of carboxylic acids is 1. The van der Waals surface area contributed by atoms with E-state index in [1.807, 2.05) is 11.4 Å². The number of carboxylic acid groups (broad SMARTS) is 1. The van der Waals surface area contributed by atoms with Crippen molar-refractivity contribution in [3.05, 3.63) is 21.9 Å². The minimum Gasteiger partial charge on any atom is -0.480 e. The molecule has 3 aliphatic rings. The van der Waals surface area contributed by atoms with Gasteiger partial charge in [-0.05, 0) is 49.6 Å². The van der Waals surface area contributed by atoms with Gasteiger partial charge in [0.2, 0.25) is 0 Å². The first-order valence-electron chi connectivity index (χ1n) is 7.95. The lowest BCUT2D eigenvalue weighted by molar-refractivity contribution is -0.145. The van der Waals surface area contributed by atoms with Gasteiger partial charge in [0.25, 0.3) is 0 Å². The number of carbonyl (C=O) groups is 1. The van der Waals surface area contributed by atoms with Gasteiger partial charge in [0.15, 0.2) is 0 Å². The average molecular weight is 306 g/mol. The highest BCUT2D eigenvalue weighted by Gasteiger charge is 2.44. The maximum absolute atomic E-state index is 11.8. The molecule has 1 aromatic rings. The Morgan fingerprint density at radius 3 is 2.86 bits per heavy atom. The lowest BCUT2D eigenvalue weighted by Crippen LogP contribution is -2.46. The summed E-state index contributed by atoms with van der Waals surface area (Å²) in [6.07, 6.45) is 4.77. The first-order chi connectivity index (χ1) is 10.1. The van der Waals surface area contributed by atoms with Gasteiger partial charge in [-0.15, -0.1) is 11.3 Å². The highest BCUT2D eigenvalue weighted by Crippen LogP contribution is 2.40. The molecule has 4 nitrogen and oxygen atoms in total. The van der Waals surface area contributed by atoms with E-state index < -0.39 is 12.0 Å². The molecule has 114 valence electrons. The Morgan fingerprint density at radius 2 is 2.14 bits per heavy atom. The van der Waals surface area contributed by atoms with Gasteiger partial charge in [0.05, 0.1) is 0 Å². The Labute approximate surface area is 129 Å². The van der Waals surface area contributed by atoms with Gasteiger partial charge in [-0.3, -0.25) is 14.6 Å². The van der Waals surface area contributed by atoms with Crippen LogP contribution < -0.4 is 0 Å². The Morgan fingerprint density at radius 1 is 1.33 bits per heavy atom. The molecule has 21 heavy (non-hydrogen) atoms. The van der Waals surface area contributed by atoms with Crippen molar-refractivity contribution in [3.8, 4) is 0 Å². The first-order valence-corrected chi connectivity index (χ1v) is 8.83. The van der Waals surface area contributed by atoms with Crippen LogP contribution in [0.1, 0.15) is 42.7 Å². The van der Waals surface area contributed by atoms with E-state index in [1.54, 1.807) is 11.3 Å². The summed E-state index contributed by atoms with van der Waals surface area (Å²) in [5, 5.41) is 11.8. The SMILES string of the molecule is CC1CC(N2CCc3sccc3C2C(=O)O)CN1C1CC1. The van der Waals surface area contributed by atoms with E-state index in [1.165, 1.54) is 17.7 Å². The minimum absolute atomic E-state index is 0.398. The zero-order chi connectivity index (χ0) is 14.6. The summed E-state index contributed by atoms with van der Waals surface area (Å²) >= 11 is 1.71. The number of fused-ring (bicyclic) bond motifs is 1. The zero-order valence-electron chi connectivity index (χ0n) is 12.4. The molecular formula is C16H22N2O2S. The fourth-order valence-electron chi connectivity index (χ4n) is 4.19. The number of hydrogen-bond acceptors (Lipinski definition) is 4. The molecule has 0 radical (unpaired) electrons. The van der Waals surface area contributed by atoms with E-state index in [9.17, 15) is 9.90 Å². The van der Waals surface area contributed by atoms with Crippen molar-refractivity contribution >= 4 is 17.3 Å². The molecule has 0 spiro atoms. The van der Waals surface area contributed by atoms with Gasteiger partial charge in [-0.1, -0.05) is 0 Å². The van der Waals surface area contributed by atoms with Crippen molar-refractivity contribution in [3.63, 3.8) is 0 Å². The number of nitrogens with zero attached hydrogens (tertiary/aromatic N) is 2. The summed E-state index contributed by atoms with van der Waals surface area (Å²) in [7, 11) is 0. The summed E-state index contributed by atoms with van der Waals surface area (Å²) in [5.74, 6) is -0.688. The third kappa shape index (κ3) is 2.31. The van der Waals surface area contributed by atoms with Gasteiger partial charge in [0.1, 0.15) is 6.04 Å². The van der Waals surface area contributed by atoms with Gasteiger partial charge >= 0.3 is 5.97 Å². The van der Waals surface area contributed by atoms with Crippen LogP contribution in [0.5, 0.6) is 0 Å². The molecule has 1 saturated heterocycles. The Hall–Kier alpha value is -0.910. The second-order valence-electron chi connectivity index (χ2n) is 6.69. The fourth-order valence-corrected chi connectivity index (χ4v) is 5.09. The third-order valence-corrected chi connectivity index (χ3v) is 6.32. The molecule has 3 atom stereocenters. The van der Waals surface area contributed by atoms with Crippen LogP contribution in [-0.2, 0) is 11.2 Å². The maximum Gasteiger partial charge on any atom is 0.325 e. The molecule has 1 N–H and O–H groups in total. The maximum atomic E-state index is 11.8. The Bertz CT molecular complexity index is 554. The average Bonchev–Trinajstić information content (AvgIpc) is 3.05. The van der Waals surface area contributed by atoms with Crippen molar-refractivity contribution in [2.45, 2.75) is 56.8 Å². The standard InChI is InChI=1S/C16H22N2O2S/c1-10-8-12(9-18(10)11-2-3-11)17-6-4-14-13(5-7-21-14)15(17)16(19)20/h5,7,10-12,15H,2-4,6,8-9H2,1H3,(H,19,20). The summed E-state index contributed by atoms with van der Waals surface area (Å²) in [6.45, 7) is 4.24. The number of likely N-dealkylation sites (tertiary alicyclic amines) is 1. The molecular weight excluding hydrogens is 284 g/mol. The predicted molar refractivity (Wildman–Crippen MR) is 82.7 cm³/mol. The monoisotopic (exact) mass is 306 g/mol. The molecule has 5 heteroatoms. The topological polar surface area (TPSA) is 43.8 Å². The van der Waals surface area contributed by atoms with E-state index in [-0.39, 0.29) is 0 Å². The molecule has 2 aliphatic heterocycles. The lowest BCUT2D eigenvalue weighted by atomic mass is 9.97. The van der Waals surface area contributed by atoms with Crippen LogP contribution in [-0.4, -0.2) is 52.1 Å². The lowest BCUT2D eigenvalue weighted by Gasteiger charge is -2.37. The van der Waals surface area contributed by atoms with Crippen LogP contribution in [0.4, 0.5) is 0 Å². The summed E-state index contributed by atoms with van der Waals surface area (Å²) in [4.78, 5) is 18.0. The van der Waals surface area contributed by atoms with E-state index in [2.05, 4.69) is 16.7 Å². The summed E-state index contributed by atoms with van der Waals surface area (Å²) < 4.78 is 0. The van der Waals surface area contributed by atoms with Crippen molar-refractivity contribution in [1.82, 2.24) is 9.80 Å². The molecule has 3 heterocycles. The summed E-state index contributed by atoms with van der Waals surface area (Å²) in [5.41, 5.74) is 1.04. The minimum atomic E-state index is -0.688. The Balaban J connectivity index is 1.58. The van der Waals surface area contributed by atoms with Crippen molar-refractivity contribution in [2.24, 2.45) is 0 Å². The highest BCUT2D eigenvalue weighted by molar-refractivity contribution is 7.10. The largest absolute Gasteiger partial charge is 0.480 e. The van der Waals surface area contributed by atoms with Crippen molar-refractivity contribution < 1.29 is 9.90 Å². The molecule has 1 aliphatic carbocycles. The van der Waals surface area contributed by atoms with Crippen LogP contribution in [0.2, 0.25) is 0 Å². The fraction of sp³-hybridized carbons (Fsp3) is 0.688. The second kappa shape index (κ2) is 5.07. The Kier molecular flexibility index (Phi) is 3.32. The number of thiophene rings is 1. The molecule has 2 fully saturated rings. The number of rotatable bonds is 3. The second-order valence-corrected chi connectivity index (χ2v) is 7.69. The van der Waals surface area contributed by atoms with Crippen molar-refractivity contribution in [1.29, 1.82) is 0 Å². The molecule has 0 aromatic carbocycles. The predicted octanol–water partition coefficient (Wildman–Crippen LogP) is 2.36. The molecule has 1 aromatic heterocycles. The van der Waals surface area contributed by atoms with E-state index in [0.29, 0.717) is 12.1 Å². The highest BCUT2D eigenvalue weighted by atomic mass is 32.1. The normalized spacial score (nSPS) is 34.0. The molecule has 1 saturated carbocycles. The molecule has 3 unspecified atom stereocenters. The molecule has 4 rings (SSSR count).